The van der Waals surface area contributed by atoms with Crippen LogP contribution >= 0.6 is 0 Å². The number of hydrogen-bond acceptors (Lipinski definition) is 3. The highest BCUT2D eigenvalue weighted by Crippen LogP contribution is 2.27. The molecule has 2 rings (SSSR count). The Morgan fingerprint density at radius 1 is 1.42 bits per heavy atom. The molecule has 0 fully saturated rings. The highest BCUT2D eigenvalue weighted by molar-refractivity contribution is 6.01. The summed E-state index contributed by atoms with van der Waals surface area (Å²) < 4.78 is 9.88. The van der Waals surface area contributed by atoms with Crippen molar-refractivity contribution >= 4 is 17.1 Å². The zero-order valence-corrected chi connectivity index (χ0v) is 6.88. The second-order valence-corrected chi connectivity index (χ2v) is 2.66. The number of fused-ring (bicyclic) bond motifs is 2. The maximum absolute atomic E-state index is 11.2. The van der Waals surface area contributed by atoms with E-state index in [-0.39, 0.29) is 5.97 Å². The third kappa shape index (κ3) is 0.733. The van der Waals surface area contributed by atoms with Crippen LogP contribution in [0.3, 0.4) is 0 Å². The third-order valence-corrected chi connectivity index (χ3v) is 1.99. The highest BCUT2D eigenvalue weighted by Gasteiger charge is 2.19. The fourth-order valence-electron chi connectivity index (χ4n) is 1.34. The Kier molecular flexibility index (Phi) is 1.33. The zero-order valence-electron chi connectivity index (χ0n) is 6.88. The minimum absolute atomic E-state index is 0.332. The fourth-order valence-corrected chi connectivity index (χ4v) is 1.34. The molecule has 0 aliphatic heterocycles. The first-order valence-electron chi connectivity index (χ1n) is 3.64. The van der Waals surface area contributed by atoms with Gasteiger partial charge in [0.2, 0.25) is 0 Å². The molecule has 62 valence electrons. The van der Waals surface area contributed by atoms with Crippen molar-refractivity contribution in [2.24, 2.45) is 0 Å². The van der Waals surface area contributed by atoms with E-state index in [1.54, 1.807) is 6.07 Å². The van der Waals surface area contributed by atoms with E-state index < -0.39 is 0 Å². The molecule has 0 aromatic carbocycles. The molecule has 0 atom stereocenters. The topological polar surface area (TPSA) is 39.4 Å². The molecule has 0 unspecified atom stereocenters. The van der Waals surface area contributed by atoms with Crippen molar-refractivity contribution in [1.29, 1.82) is 0 Å². The van der Waals surface area contributed by atoms with Gasteiger partial charge in [0.1, 0.15) is 16.7 Å². The molecule has 3 heteroatoms. The van der Waals surface area contributed by atoms with E-state index in [9.17, 15) is 4.79 Å². The second kappa shape index (κ2) is 2.24. The summed E-state index contributed by atoms with van der Waals surface area (Å²) in [6, 6.07) is 3.62. The van der Waals surface area contributed by atoms with E-state index >= 15 is 0 Å². The van der Waals surface area contributed by atoms with Crippen LogP contribution in [-0.4, -0.2) is 13.1 Å². The molecule has 0 aliphatic rings. The summed E-state index contributed by atoms with van der Waals surface area (Å²) in [4.78, 5) is 11.2. The van der Waals surface area contributed by atoms with Crippen LogP contribution in [0, 0.1) is 6.92 Å². The Balaban J connectivity index is 2.64. The lowest BCUT2D eigenvalue weighted by atomic mass is 10.1. The Labute approximate surface area is 69.3 Å². The van der Waals surface area contributed by atoms with Crippen molar-refractivity contribution in [3.8, 4) is 0 Å². The third-order valence-electron chi connectivity index (χ3n) is 1.99. The lowest BCUT2D eigenvalue weighted by Gasteiger charge is -1.96. The monoisotopic (exact) mass is 164 g/mol. The molecule has 12 heavy (non-hydrogen) atoms. The van der Waals surface area contributed by atoms with E-state index in [4.69, 9.17) is 4.42 Å². The molecule has 0 saturated heterocycles. The Hall–Kier alpha value is -1.51. The number of esters is 1. The van der Waals surface area contributed by atoms with E-state index in [0.717, 1.165) is 11.1 Å². The van der Waals surface area contributed by atoms with Crippen molar-refractivity contribution in [2.75, 3.05) is 7.11 Å². The van der Waals surface area contributed by atoms with Crippen LogP contribution < -0.4 is 0 Å². The van der Waals surface area contributed by atoms with Gasteiger partial charge in [0, 0.05) is 5.56 Å². The standard InChI is InChI=1S/C9H8O3/c1-5-6-3-4-7(12-6)8(5)9(10)11-2/h3-4H,1-2H3. The van der Waals surface area contributed by atoms with Crippen LogP contribution in [0.15, 0.2) is 16.5 Å². The molecule has 2 heterocycles. The molecule has 2 bridgehead atoms. The van der Waals surface area contributed by atoms with Gasteiger partial charge < -0.3 is 9.15 Å². The van der Waals surface area contributed by atoms with Gasteiger partial charge in [0.25, 0.3) is 0 Å². The maximum Gasteiger partial charge on any atom is 0.342 e. The van der Waals surface area contributed by atoms with E-state index in [0.29, 0.717) is 11.1 Å². The quantitative estimate of drug-likeness (QED) is 0.605. The number of ether oxygens (including phenoxy) is 1. The molecule has 0 aliphatic carbocycles. The zero-order chi connectivity index (χ0) is 8.72. The van der Waals surface area contributed by atoms with Crippen molar-refractivity contribution in [1.82, 2.24) is 0 Å². The maximum atomic E-state index is 11.2. The fraction of sp³-hybridized carbons (Fsp3) is 0.222. The van der Waals surface area contributed by atoms with Crippen LogP contribution in [-0.2, 0) is 4.74 Å². The number of furan rings is 2. The lowest BCUT2D eigenvalue weighted by molar-refractivity contribution is 0.0602. The largest absolute Gasteiger partial charge is 0.465 e. The van der Waals surface area contributed by atoms with E-state index in [1.165, 1.54) is 7.11 Å². The number of methoxy groups -OCH3 is 1. The van der Waals surface area contributed by atoms with E-state index in [1.807, 2.05) is 13.0 Å². The molecule has 0 amide bonds. The number of hydrogen-bond donors (Lipinski definition) is 0. The molecule has 3 nitrogen and oxygen atoms in total. The van der Waals surface area contributed by atoms with Gasteiger partial charge in [-0.25, -0.2) is 4.79 Å². The average Bonchev–Trinajstić information content (AvgIpc) is 2.63. The van der Waals surface area contributed by atoms with E-state index in [2.05, 4.69) is 4.74 Å². The predicted octanol–water partition coefficient (Wildman–Crippen LogP) is 1.97. The normalized spacial score (nSPS) is 10.8. The minimum atomic E-state index is -0.332. The van der Waals surface area contributed by atoms with Crippen molar-refractivity contribution < 1.29 is 13.9 Å². The van der Waals surface area contributed by atoms with Crippen molar-refractivity contribution in [2.45, 2.75) is 6.92 Å². The average molecular weight is 164 g/mol. The molecule has 0 radical (unpaired) electrons. The number of aryl methyl sites for hydroxylation is 1. The number of carbonyl (C=O) groups excluding carboxylic acids is 1. The first kappa shape index (κ1) is 7.16. The molecular weight excluding hydrogens is 156 g/mol. The first-order chi connectivity index (χ1) is 5.74. The lowest BCUT2D eigenvalue weighted by Crippen LogP contribution is -2.02. The van der Waals surface area contributed by atoms with Crippen molar-refractivity contribution in [3.63, 3.8) is 0 Å². The minimum Gasteiger partial charge on any atom is -0.465 e. The number of carbonyl (C=O) groups is 1. The first-order valence-corrected chi connectivity index (χ1v) is 3.64. The number of benzene rings is 1. The van der Waals surface area contributed by atoms with Gasteiger partial charge in [-0.15, -0.1) is 0 Å². The summed E-state index contributed by atoms with van der Waals surface area (Å²) in [7, 11) is 1.36. The van der Waals surface area contributed by atoms with Gasteiger partial charge in [-0.2, -0.15) is 0 Å². The van der Waals surface area contributed by atoms with Gasteiger partial charge >= 0.3 is 5.97 Å². The summed E-state index contributed by atoms with van der Waals surface area (Å²) in [6.45, 7) is 1.85. The molecule has 2 aromatic heterocycles. The van der Waals surface area contributed by atoms with Crippen LogP contribution in [0.5, 0.6) is 0 Å². The smallest absolute Gasteiger partial charge is 0.342 e. The summed E-state index contributed by atoms with van der Waals surface area (Å²) in [5, 5.41) is 0. The Morgan fingerprint density at radius 3 is 2.58 bits per heavy atom. The van der Waals surface area contributed by atoms with Crippen LogP contribution in [0.4, 0.5) is 0 Å². The second-order valence-electron chi connectivity index (χ2n) is 2.66. The van der Waals surface area contributed by atoms with Gasteiger partial charge in [-0.05, 0) is 19.1 Å². The summed E-state index contributed by atoms with van der Waals surface area (Å²) in [6.07, 6.45) is 0. The summed E-state index contributed by atoms with van der Waals surface area (Å²) in [5.41, 5.74) is 2.77. The molecule has 0 saturated carbocycles. The summed E-state index contributed by atoms with van der Waals surface area (Å²) in [5.74, 6) is -0.332. The van der Waals surface area contributed by atoms with Crippen LogP contribution in [0.25, 0.3) is 11.2 Å². The summed E-state index contributed by atoms with van der Waals surface area (Å²) >= 11 is 0. The number of rotatable bonds is 1. The SMILES string of the molecule is COC(=O)c1c(C)c2ccc1o2. The Morgan fingerprint density at radius 2 is 2.08 bits per heavy atom. The Bertz CT molecular complexity index is 413. The highest BCUT2D eigenvalue weighted by atomic mass is 16.5. The van der Waals surface area contributed by atoms with Crippen LogP contribution in [0.1, 0.15) is 15.9 Å². The predicted molar refractivity (Wildman–Crippen MR) is 43.5 cm³/mol. The molecule has 0 N–H and O–H groups in total. The van der Waals surface area contributed by atoms with Gasteiger partial charge in [0.05, 0.1) is 7.11 Å². The molecule has 2 aromatic rings. The van der Waals surface area contributed by atoms with Crippen molar-refractivity contribution in [3.05, 3.63) is 23.3 Å². The van der Waals surface area contributed by atoms with Gasteiger partial charge in [-0.3, -0.25) is 0 Å². The molecular formula is C9H8O3. The van der Waals surface area contributed by atoms with Gasteiger partial charge in [-0.1, -0.05) is 0 Å². The molecule has 0 spiro atoms. The van der Waals surface area contributed by atoms with Gasteiger partial charge in [0.15, 0.2) is 0 Å². The van der Waals surface area contributed by atoms with Crippen LogP contribution in [0.2, 0.25) is 0 Å².